The van der Waals surface area contributed by atoms with Gasteiger partial charge in [-0.1, -0.05) is 0 Å². The van der Waals surface area contributed by atoms with Crippen LogP contribution in [0.3, 0.4) is 0 Å². The summed E-state index contributed by atoms with van der Waals surface area (Å²) in [7, 11) is 1.26. The van der Waals surface area contributed by atoms with Gasteiger partial charge in [-0.3, -0.25) is 15.0 Å². The van der Waals surface area contributed by atoms with Gasteiger partial charge in [-0.25, -0.2) is 4.79 Å². The van der Waals surface area contributed by atoms with Crippen LogP contribution in [0.5, 0.6) is 0 Å². The molecule has 19 heavy (non-hydrogen) atoms. The quantitative estimate of drug-likeness (QED) is 0.756. The van der Waals surface area contributed by atoms with Crippen molar-refractivity contribution < 1.29 is 14.3 Å². The Balaban J connectivity index is 1.83. The van der Waals surface area contributed by atoms with Crippen molar-refractivity contribution in [1.82, 2.24) is 15.5 Å². The van der Waals surface area contributed by atoms with Crippen LogP contribution in [0.25, 0.3) is 0 Å². The minimum Gasteiger partial charge on any atom is -0.453 e. The van der Waals surface area contributed by atoms with E-state index < -0.39 is 6.09 Å². The minimum absolute atomic E-state index is 0.275. The molecule has 2 amide bonds. The van der Waals surface area contributed by atoms with Gasteiger partial charge in [0.15, 0.2) is 0 Å². The van der Waals surface area contributed by atoms with E-state index in [-0.39, 0.29) is 12.5 Å². The largest absolute Gasteiger partial charge is 0.453 e. The van der Waals surface area contributed by atoms with Gasteiger partial charge in [0, 0.05) is 13.1 Å². The van der Waals surface area contributed by atoms with Gasteiger partial charge < -0.3 is 10.1 Å². The number of amides is 2. The molecule has 2 aliphatic rings. The Morgan fingerprint density at radius 3 is 2.84 bits per heavy atom. The molecule has 2 heterocycles. The second-order valence-electron chi connectivity index (χ2n) is 5.63. The highest BCUT2D eigenvalue weighted by Gasteiger charge is 2.36. The zero-order valence-electron chi connectivity index (χ0n) is 11.5. The first-order chi connectivity index (χ1) is 9.13. The van der Waals surface area contributed by atoms with E-state index in [4.69, 9.17) is 0 Å². The van der Waals surface area contributed by atoms with Crippen LogP contribution in [0.1, 0.15) is 25.7 Å². The highest BCUT2D eigenvalue weighted by atomic mass is 16.5. The van der Waals surface area contributed by atoms with Gasteiger partial charge in [0.25, 0.3) is 0 Å². The third kappa shape index (κ3) is 3.91. The fourth-order valence-corrected chi connectivity index (χ4v) is 3.23. The molecule has 0 aromatic carbocycles. The zero-order chi connectivity index (χ0) is 13.7. The highest BCUT2D eigenvalue weighted by Crippen LogP contribution is 2.35. The Hall–Kier alpha value is -1.14. The zero-order valence-corrected chi connectivity index (χ0v) is 11.5. The number of rotatable bonds is 2. The lowest BCUT2D eigenvalue weighted by atomic mass is 9.74. The summed E-state index contributed by atoms with van der Waals surface area (Å²) < 4.78 is 4.42. The molecule has 0 bridgehead atoms. The number of carbonyl (C=O) groups is 2. The molecule has 1 spiro atoms. The van der Waals surface area contributed by atoms with Crippen LogP contribution >= 0.6 is 0 Å². The lowest BCUT2D eigenvalue weighted by Gasteiger charge is -2.45. The Morgan fingerprint density at radius 2 is 2.16 bits per heavy atom. The van der Waals surface area contributed by atoms with Crippen molar-refractivity contribution in [3.63, 3.8) is 0 Å². The standard InChI is InChI=1S/C13H23N3O3/c1-19-12(18)15-11(17)8-16-7-3-5-13(10-16)4-2-6-14-9-13/h14H,2-10H2,1H3,(H,15,17,18). The first kappa shape index (κ1) is 14.3. The molecule has 2 rings (SSSR count). The normalized spacial score (nSPS) is 28.1. The molecule has 0 aliphatic carbocycles. The van der Waals surface area contributed by atoms with E-state index in [1.807, 2.05) is 0 Å². The molecule has 108 valence electrons. The van der Waals surface area contributed by atoms with Crippen LogP contribution in [0, 0.1) is 5.41 Å². The van der Waals surface area contributed by atoms with Crippen molar-refractivity contribution in [3.05, 3.63) is 0 Å². The molecule has 0 aromatic heterocycles. The summed E-state index contributed by atoms with van der Waals surface area (Å²) >= 11 is 0. The number of hydrogen-bond donors (Lipinski definition) is 2. The average Bonchev–Trinajstić information content (AvgIpc) is 2.39. The number of ether oxygens (including phenoxy) is 1. The fourth-order valence-electron chi connectivity index (χ4n) is 3.23. The maximum Gasteiger partial charge on any atom is 0.413 e. The molecule has 0 radical (unpaired) electrons. The molecule has 6 heteroatoms. The summed E-state index contributed by atoms with van der Waals surface area (Å²) in [5.74, 6) is -0.285. The van der Waals surface area contributed by atoms with Gasteiger partial charge in [0.05, 0.1) is 13.7 Å². The SMILES string of the molecule is COC(=O)NC(=O)CN1CCCC2(CCCNC2)C1. The lowest BCUT2D eigenvalue weighted by Crippen LogP contribution is -2.53. The molecule has 0 saturated carbocycles. The predicted molar refractivity (Wildman–Crippen MR) is 70.8 cm³/mol. The number of nitrogens with zero attached hydrogens (tertiary/aromatic N) is 1. The number of nitrogens with one attached hydrogen (secondary N) is 2. The predicted octanol–water partition coefficient (Wildman–Crippen LogP) is 0.335. The molecule has 2 N–H and O–H groups in total. The molecular formula is C13H23N3O3. The highest BCUT2D eigenvalue weighted by molar-refractivity contribution is 5.92. The second-order valence-corrected chi connectivity index (χ2v) is 5.63. The summed E-state index contributed by atoms with van der Waals surface area (Å²) in [6, 6.07) is 0. The second kappa shape index (κ2) is 6.34. The van der Waals surface area contributed by atoms with Gasteiger partial charge >= 0.3 is 6.09 Å². The van der Waals surface area contributed by atoms with Gasteiger partial charge in [0.1, 0.15) is 0 Å². The van der Waals surface area contributed by atoms with Gasteiger partial charge in [-0.15, -0.1) is 0 Å². The number of alkyl carbamates (subject to hydrolysis) is 1. The van der Waals surface area contributed by atoms with E-state index in [0.29, 0.717) is 5.41 Å². The van der Waals surface area contributed by atoms with E-state index in [9.17, 15) is 9.59 Å². The van der Waals surface area contributed by atoms with Crippen molar-refractivity contribution in [3.8, 4) is 0 Å². The summed E-state index contributed by atoms with van der Waals surface area (Å²) in [4.78, 5) is 24.8. The molecule has 2 aliphatic heterocycles. The maximum absolute atomic E-state index is 11.7. The summed E-state index contributed by atoms with van der Waals surface area (Å²) in [5.41, 5.74) is 0.321. The molecule has 0 aromatic rings. The maximum atomic E-state index is 11.7. The number of piperidine rings is 2. The number of likely N-dealkylation sites (tertiary alicyclic amines) is 1. The molecule has 1 atom stereocenters. The summed E-state index contributed by atoms with van der Waals surface area (Å²) in [6.45, 7) is 4.29. The third-order valence-corrected chi connectivity index (χ3v) is 4.10. The number of hydrogen-bond acceptors (Lipinski definition) is 5. The van der Waals surface area contributed by atoms with Crippen LogP contribution in [-0.2, 0) is 9.53 Å². The van der Waals surface area contributed by atoms with E-state index >= 15 is 0 Å². The van der Waals surface area contributed by atoms with Crippen molar-refractivity contribution in [1.29, 1.82) is 0 Å². The minimum atomic E-state index is -0.684. The number of methoxy groups -OCH3 is 1. The van der Waals surface area contributed by atoms with Crippen molar-refractivity contribution >= 4 is 12.0 Å². The Labute approximate surface area is 113 Å². The molecule has 1 unspecified atom stereocenters. The average molecular weight is 269 g/mol. The van der Waals surface area contributed by atoms with Crippen molar-refractivity contribution in [2.75, 3.05) is 39.8 Å². The van der Waals surface area contributed by atoms with Gasteiger partial charge in [-0.2, -0.15) is 0 Å². The lowest BCUT2D eigenvalue weighted by molar-refractivity contribution is -0.122. The van der Waals surface area contributed by atoms with Crippen LogP contribution in [0.4, 0.5) is 4.79 Å². The Kier molecular flexibility index (Phi) is 4.76. The number of carbonyl (C=O) groups excluding carboxylic acids is 2. The molecular weight excluding hydrogens is 246 g/mol. The Bertz CT molecular complexity index is 335. The van der Waals surface area contributed by atoms with E-state index in [2.05, 4.69) is 20.3 Å². The molecule has 2 saturated heterocycles. The fraction of sp³-hybridized carbons (Fsp3) is 0.846. The van der Waals surface area contributed by atoms with Gasteiger partial charge in [-0.05, 0) is 44.2 Å². The van der Waals surface area contributed by atoms with E-state index in [1.54, 1.807) is 0 Å². The van der Waals surface area contributed by atoms with Crippen LogP contribution in [-0.4, -0.2) is 56.7 Å². The van der Waals surface area contributed by atoms with E-state index in [1.165, 1.54) is 26.4 Å². The number of imide groups is 1. The topological polar surface area (TPSA) is 70.7 Å². The van der Waals surface area contributed by atoms with Gasteiger partial charge in [0.2, 0.25) is 5.91 Å². The summed E-state index contributed by atoms with van der Waals surface area (Å²) in [6.07, 6.45) is 4.11. The smallest absolute Gasteiger partial charge is 0.413 e. The third-order valence-electron chi connectivity index (χ3n) is 4.10. The molecule has 2 fully saturated rings. The van der Waals surface area contributed by atoms with Crippen molar-refractivity contribution in [2.45, 2.75) is 25.7 Å². The van der Waals surface area contributed by atoms with Crippen LogP contribution in [0.2, 0.25) is 0 Å². The van der Waals surface area contributed by atoms with Crippen LogP contribution in [0.15, 0.2) is 0 Å². The van der Waals surface area contributed by atoms with E-state index in [0.717, 1.165) is 32.6 Å². The first-order valence-corrected chi connectivity index (χ1v) is 6.94. The molecule has 6 nitrogen and oxygen atoms in total. The monoisotopic (exact) mass is 269 g/mol. The van der Waals surface area contributed by atoms with Crippen molar-refractivity contribution in [2.24, 2.45) is 5.41 Å². The van der Waals surface area contributed by atoms with Crippen LogP contribution < -0.4 is 10.6 Å². The summed E-state index contributed by atoms with van der Waals surface area (Å²) in [5, 5.41) is 5.67. The Morgan fingerprint density at radius 1 is 1.37 bits per heavy atom. The first-order valence-electron chi connectivity index (χ1n) is 6.94.